The average Bonchev–Trinajstić information content (AvgIpc) is 3.10. The largest absolute Gasteiger partial charge is 0.573 e. The number of alkyl halides is 6. The maximum Gasteiger partial charge on any atom is 0.573 e. The molecule has 1 aliphatic rings. The van der Waals surface area contributed by atoms with Crippen LogP contribution in [0.5, 0.6) is 17.2 Å². The Bertz CT molecular complexity index is 1420. The first-order valence-electron chi connectivity index (χ1n) is 11.2. The number of aromatic amines is 1. The number of aromatic nitrogens is 1. The normalized spacial score (nSPS) is 24.0. The van der Waals surface area contributed by atoms with Crippen molar-refractivity contribution in [3.63, 3.8) is 0 Å². The molecule has 2 heterocycles. The van der Waals surface area contributed by atoms with Crippen LogP contribution in [0, 0.1) is 11.7 Å². The summed E-state index contributed by atoms with van der Waals surface area (Å²) in [6, 6.07) is 6.28. The molecule has 6 nitrogen and oxygen atoms in total. The van der Waals surface area contributed by atoms with Crippen LogP contribution in [-0.4, -0.2) is 37.3 Å². The summed E-state index contributed by atoms with van der Waals surface area (Å²) in [5.41, 5.74) is -3.31. The molecule has 2 aromatic carbocycles. The highest BCUT2D eigenvalue weighted by Crippen LogP contribution is 2.59. The number of halogens is 7. The van der Waals surface area contributed by atoms with Crippen molar-refractivity contribution >= 4 is 10.9 Å². The predicted octanol–water partition coefficient (Wildman–Crippen LogP) is 6.40. The second-order valence-corrected chi connectivity index (χ2v) is 9.00. The van der Waals surface area contributed by atoms with Gasteiger partial charge in [0.05, 0.1) is 25.1 Å². The summed E-state index contributed by atoms with van der Waals surface area (Å²) < 4.78 is 115. The van der Waals surface area contributed by atoms with Crippen molar-refractivity contribution in [2.45, 2.75) is 44.0 Å². The van der Waals surface area contributed by atoms with Gasteiger partial charge in [0.1, 0.15) is 17.6 Å². The summed E-state index contributed by atoms with van der Waals surface area (Å²) in [5, 5.41) is -0.149. The number of ether oxygens (including phenoxy) is 4. The van der Waals surface area contributed by atoms with Crippen molar-refractivity contribution in [3.05, 3.63) is 63.7 Å². The minimum atomic E-state index is -5.00. The van der Waals surface area contributed by atoms with Crippen molar-refractivity contribution in [2.24, 2.45) is 5.92 Å². The van der Waals surface area contributed by atoms with Crippen LogP contribution in [0.25, 0.3) is 10.9 Å². The Morgan fingerprint density at radius 1 is 1.00 bits per heavy atom. The Labute approximate surface area is 211 Å². The lowest BCUT2D eigenvalue weighted by Gasteiger charge is -2.32. The fraction of sp³-hybridized carbons (Fsp3) is 0.400. The summed E-state index contributed by atoms with van der Waals surface area (Å²) in [6.07, 6.45) is -11.3. The quantitative estimate of drug-likeness (QED) is 0.374. The Hall–Kier alpha value is -3.48. The molecule has 0 radical (unpaired) electrons. The third kappa shape index (κ3) is 4.63. The maximum atomic E-state index is 14.2. The van der Waals surface area contributed by atoms with Crippen molar-refractivity contribution in [1.82, 2.24) is 4.98 Å². The van der Waals surface area contributed by atoms with Crippen LogP contribution in [0.2, 0.25) is 0 Å². The number of nitrogens with one attached hydrogen (secondary N) is 1. The van der Waals surface area contributed by atoms with Gasteiger partial charge in [-0.2, -0.15) is 13.2 Å². The van der Waals surface area contributed by atoms with E-state index in [0.717, 1.165) is 51.5 Å². The van der Waals surface area contributed by atoms with E-state index >= 15 is 0 Å². The van der Waals surface area contributed by atoms with Crippen LogP contribution in [0.4, 0.5) is 30.7 Å². The van der Waals surface area contributed by atoms with Crippen molar-refractivity contribution < 1.29 is 49.7 Å². The van der Waals surface area contributed by atoms with Crippen LogP contribution < -0.4 is 19.6 Å². The number of pyridine rings is 1. The fourth-order valence-electron chi connectivity index (χ4n) is 4.89. The second kappa shape index (κ2) is 9.37. The predicted molar refractivity (Wildman–Crippen MR) is 121 cm³/mol. The third-order valence-electron chi connectivity index (χ3n) is 6.90. The molecule has 1 fully saturated rings. The Kier molecular flexibility index (Phi) is 6.79. The first-order chi connectivity index (χ1) is 17.6. The summed E-state index contributed by atoms with van der Waals surface area (Å²) in [5.74, 6) is -4.39. The fourth-order valence-corrected chi connectivity index (χ4v) is 4.89. The average molecular weight is 549 g/mol. The van der Waals surface area contributed by atoms with Gasteiger partial charge < -0.3 is 23.9 Å². The maximum absolute atomic E-state index is 14.2. The molecule has 3 aromatic rings. The first kappa shape index (κ1) is 27.6. The van der Waals surface area contributed by atoms with Crippen LogP contribution >= 0.6 is 0 Å². The zero-order chi connectivity index (χ0) is 28.2. The summed E-state index contributed by atoms with van der Waals surface area (Å²) in [4.78, 5) is 15.8. The number of hydrogen-bond acceptors (Lipinski definition) is 5. The van der Waals surface area contributed by atoms with Gasteiger partial charge in [0, 0.05) is 35.2 Å². The highest BCUT2D eigenvalue weighted by atomic mass is 19.4. The third-order valence-corrected chi connectivity index (χ3v) is 6.90. The number of H-pyrrole nitrogens is 1. The van der Waals surface area contributed by atoms with E-state index in [1.807, 2.05) is 0 Å². The molecule has 13 heteroatoms. The number of methoxy groups -OCH3 is 2. The molecular weight excluding hydrogens is 527 g/mol. The van der Waals surface area contributed by atoms with Crippen LogP contribution in [0.3, 0.4) is 0 Å². The number of rotatable bonds is 5. The number of benzene rings is 2. The summed E-state index contributed by atoms with van der Waals surface area (Å²) >= 11 is 0. The summed E-state index contributed by atoms with van der Waals surface area (Å²) in [7, 11) is 2.31. The van der Waals surface area contributed by atoms with E-state index in [1.165, 1.54) is 13.0 Å². The van der Waals surface area contributed by atoms with Gasteiger partial charge in [-0.15, -0.1) is 13.2 Å². The lowest BCUT2D eigenvalue weighted by atomic mass is 9.76. The zero-order valence-electron chi connectivity index (χ0n) is 20.4. The molecule has 1 saturated heterocycles. The van der Waals surface area contributed by atoms with Gasteiger partial charge in [0.25, 0.3) is 0 Å². The number of fused-ring (bicyclic) bond motifs is 1. The molecule has 0 spiro atoms. The standard InChI is InChI=1S/C25H22F7NO5/c1-11-19(13-6-5-12(9-18(13)35-3)37-25(30,31)32)22(38-23(11,2)24(27,28)29)16-10-17(34)20-15(33-16)8-7-14(26)21(20)36-4/h5-11,19,22H,1-4H3,(H,33,34)/t11-,19-,22-,23+/m0/s1. The van der Waals surface area contributed by atoms with Gasteiger partial charge in [-0.1, -0.05) is 13.0 Å². The molecule has 0 unspecified atom stereocenters. The van der Waals surface area contributed by atoms with E-state index in [0.29, 0.717) is 0 Å². The topological polar surface area (TPSA) is 69.8 Å². The van der Waals surface area contributed by atoms with Crippen molar-refractivity contribution in [3.8, 4) is 17.2 Å². The van der Waals surface area contributed by atoms with Gasteiger partial charge in [0.2, 0.25) is 0 Å². The van der Waals surface area contributed by atoms with Gasteiger partial charge in [-0.25, -0.2) is 4.39 Å². The lowest BCUT2D eigenvalue weighted by Crippen LogP contribution is -2.46. The van der Waals surface area contributed by atoms with Gasteiger partial charge in [-0.05, 0) is 25.1 Å². The molecule has 4 atom stereocenters. The molecule has 0 aliphatic carbocycles. The Morgan fingerprint density at radius 3 is 2.26 bits per heavy atom. The van der Waals surface area contributed by atoms with E-state index in [2.05, 4.69) is 9.72 Å². The second-order valence-electron chi connectivity index (χ2n) is 9.00. The lowest BCUT2D eigenvalue weighted by molar-refractivity contribution is -0.275. The first-order valence-corrected chi connectivity index (χ1v) is 11.2. The van der Waals surface area contributed by atoms with Crippen LogP contribution in [0.15, 0.2) is 41.2 Å². The molecule has 1 N–H and O–H groups in total. The molecule has 1 aromatic heterocycles. The van der Waals surface area contributed by atoms with Gasteiger partial charge in [0.15, 0.2) is 22.6 Å². The monoisotopic (exact) mass is 549 g/mol. The van der Waals surface area contributed by atoms with E-state index in [1.54, 1.807) is 0 Å². The van der Waals surface area contributed by atoms with Gasteiger partial charge in [-0.3, -0.25) is 4.79 Å². The molecule has 1 aliphatic heterocycles. The molecule has 38 heavy (non-hydrogen) atoms. The summed E-state index contributed by atoms with van der Waals surface area (Å²) in [6.45, 7) is 2.14. The van der Waals surface area contributed by atoms with E-state index in [4.69, 9.17) is 14.2 Å². The van der Waals surface area contributed by atoms with E-state index in [9.17, 15) is 35.5 Å². The molecule has 0 amide bonds. The van der Waals surface area contributed by atoms with Gasteiger partial charge >= 0.3 is 12.5 Å². The smallest absolute Gasteiger partial charge is 0.496 e. The molecule has 4 rings (SSSR count). The molecular formula is C25H22F7NO5. The van der Waals surface area contributed by atoms with Crippen LogP contribution in [-0.2, 0) is 4.74 Å². The van der Waals surface area contributed by atoms with Crippen LogP contribution in [0.1, 0.15) is 37.1 Å². The SMILES string of the molecule is COc1cc(OC(F)(F)F)ccc1[C@H]1[C@H](c2cc(=O)c3c(OC)c(F)ccc3[nH]2)O[C@@](C)(C(F)(F)F)[C@H]1C. The van der Waals surface area contributed by atoms with E-state index < -0.39 is 53.1 Å². The zero-order valence-corrected chi connectivity index (χ0v) is 20.4. The Morgan fingerprint density at radius 2 is 1.68 bits per heavy atom. The molecule has 0 bridgehead atoms. The minimum Gasteiger partial charge on any atom is -0.496 e. The van der Waals surface area contributed by atoms with Crippen molar-refractivity contribution in [2.75, 3.05) is 14.2 Å². The van der Waals surface area contributed by atoms with E-state index in [-0.39, 0.29) is 33.7 Å². The Balaban J connectivity index is 1.91. The van der Waals surface area contributed by atoms with Crippen molar-refractivity contribution in [1.29, 1.82) is 0 Å². The molecule has 0 saturated carbocycles. The minimum absolute atomic E-state index is 0.0568. The molecule has 206 valence electrons. The highest BCUT2D eigenvalue weighted by Gasteiger charge is 2.65. The number of hydrogen-bond donors (Lipinski definition) is 1. The highest BCUT2D eigenvalue weighted by molar-refractivity contribution is 5.85.